The summed E-state index contributed by atoms with van der Waals surface area (Å²) >= 11 is 0. The van der Waals surface area contributed by atoms with Gasteiger partial charge < -0.3 is 16.4 Å². The van der Waals surface area contributed by atoms with E-state index in [0.29, 0.717) is 0 Å². The summed E-state index contributed by atoms with van der Waals surface area (Å²) in [5, 5.41) is 4.78. The molecule has 0 aromatic heterocycles. The molecule has 0 saturated carbocycles. The molecular formula is C11H14F2N4O. The molecule has 1 amide bonds. The predicted octanol–water partition coefficient (Wildman–Crippen LogP) is 0.794. The van der Waals surface area contributed by atoms with Gasteiger partial charge in [0.05, 0.1) is 6.54 Å². The summed E-state index contributed by atoms with van der Waals surface area (Å²) in [6.45, 7) is -0.973. The molecule has 0 saturated heterocycles. The van der Waals surface area contributed by atoms with Gasteiger partial charge >= 0.3 is 0 Å². The Balaban J connectivity index is 2.35. The van der Waals surface area contributed by atoms with Crippen molar-refractivity contribution in [2.24, 2.45) is 10.7 Å². The lowest BCUT2D eigenvalue weighted by atomic mass is 10.3. The normalized spacial score (nSPS) is 11.4. The van der Waals surface area contributed by atoms with Crippen molar-refractivity contribution in [2.75, 3.05) is 18.4 Å². The Morgan fingerprint density at radius 2 is 2.00 bits per heavy atom. The maximum Gasteiger partial charge on any atom is 0.255 e. The lowest BCUT2D eigenvalue weighted by Gasteiger charge is -2.05. The molecule has 0 fully saturated rings. The van der Waals surface area contributed by atoms with Gasteiger partial charge in [-0.2, -0.15) is 0 Å². The summed E-state index contributed by atoms with van der Waals surface area (Å²) in [5.74, 6) is -0.554. The second-order valence-corrected chi connectivity index (χ2v) is 3.39. The Labute approximate surface area is 103 Å². The minimum absolute atomic E-state index is 0.0494. The molecule has 7 heteroatoms. The number of anilines is 1. The maximum absolute atomic E-state index is 11.8. The summed E-state index contributed by atoms with van der Waals surface area (Å²) in [6, 6.07) is 9.02. The highest BCUT2D eigenvalue weighted by Gasteiger charge is 2.05. The van der Waals surface area contributed by atoms with E-state index in [9.17, 15) is 13.6 Å². The van der Waals surface area contributed by atoms with E-state index in [0.717, 1.165) is 5.69 Å². The zero-order chi connectivity index (χ0) is 13.4. The highest BCUT2D eigenvalue weighted by Crippen LogP contribution is 2.03. The van der Waals surface area contributed by atoms with Crippen LogP contribution in [0.25, 0.3) is 0 Å². The van der Waals surface area contributed by atoms with Crippen molar-refractivity contribution in [1.82, 2.24) is 5.32 Å². The van der Waals surface area contributed by atoms with Gasteiger partial charge in [0.15, 0.2) is 5.96 Å². The zero-order valence-electron chi connectivity index (χ0n) is 9.57. The van der Waals surface area contributed by atoms with Crippen LogP contribution in [0, 0.1) is 0 Å². The average Bonchev–Trinajstić information content (AvgIpc) is 2.35. The smallest absolute Gasteiger partial charge is 0.255 e. The standard InChI is InChI=1S/C11H14F2N4O/c12-9(13)6-15-10(18)7-16-11(14)17-8-4-2-1-3-5-8/h1-5,9H,6-7H2,(H,15,18)(H3,14,16,17). The number of nitrogens with zero attached hydrogens (tertiary/aromatic N) is 1. The maximum atomic E-state index is 11.8. The van der Waals surface area contributed by atoms with E-state index in [4.69, 9.17) is 5.73 Å². The van der Waals surface area contributed by atoms with E-state index < -0.39 is 18.9 Å². The number of hydrogen-bond acceptors (Lipinski definition) is 2. The quantitative estimate of drug-likeness (QED) is 0.538. The van der Waals surface area contributed by atoms with Crippen LogP contribution in [0.4, 0.5) is 14.5 Å². The first-order chi connectivity index (χ1) is 8.58. The van der Waals surface area contributed by atoms with Crippen LogP contribution < -0.4 is 16.4 Å². The number of hydrogen-bond donors (Lipinski definition) is 3. The third-order valence-electron chi connectivity index (χ3n) is 1.89. The van der Waals surface area contributed by atoms with Crippen molar-refractivity contribution in [3.8, 4) is 0 Å². The lowest BCUT2D eigenvalue weighted by molar-refractivity contribution is -0.120. The largest absolute Gasteiger partial charge is 0.370 e. The molecule has 1 aromatic carbocycles. The fraction of sp³-hybridized carbons (Fsp3) is 0.273. The lowest BCUT2D eigenvalue weighted by Crippen LogP contribution is -2.32. The molecule has 18 heavy (non-hydrogen) atoms. The number of benzene rings is 1. The molecule has 1 rings (SSSR count). The Kier molecular flexibility index (Phi) is 5.56. The molecule has 98 valence electrons. The van der Waals surface area contributed by atoms with Crippen molar-refractivity contribution in [1.29, 1.82) is 0 Å². The number of nitrogens with one attached hydrogen (secondary N) is 2. The summed E-state index contributed by atoms with van der Waals surface area (Å²) in [6.07, 6.45) is -2.57. The van der Waals surface area contributed by atoms with Gasteiger partial charge in [-0.3, -0.25) is 4.79 Å². The van der Waals surface area contributed by atoms with Gasteiger partial charge in [0.25, 0.3) is 6.43 Å². The second-order valence-electron chi connectivity index (χ2n) is 3.39. The fourth-order valence-corrected chi connectivity index (χ4v) is 1.11. The van der Waals surface area contributed by atoms with E-state index in [-0.39, 0.29) is 12.5 Å². The topological polar surface area (TPSA) is 79.5 Å². The monoisotopic (exact) mass is 256 g/mol. The van der Waals surface area contributed by atoms with Crippen LogP contribution in [0.1, 0.15) is 0 Å². The van der Waals surface area contributed by atoms with Crippen LogP contribution in [-0.4, -0.2) is 31.4 Å². The average molecular weight is 256 g/mol. The number of halogens is 2. The summed E-state index contributed by atoms with van der Waals surface area (Å²) in [5.41, 5.74) is 6.25. The summed E-state index contributed by atoms with van der Waals surface area (Å²) in [7, 11) is 0. The number of rotatable bonds is 5. The number of para-hydroxylation sites is 1. The third kappa shape index (κ3) is 5.78. The Morgan fingerprint density at radius 1 is 1.33 bits per heavy atom. The van der Waals surface area contributed by atoms with Crippen molar-refractivity contribution in [3.05, 3.63) is 30.3 Å². The molecule has 0 aliphatic heterocycles. The van der Waals surface area contributed by atoms with Crippen molar-refractivity contribution in [3.63, 3.8) is 0 Å². The third-order valence-corrected chi connectivity index (χ3v) is 1.89. The van der Waals surface area contributed by atoms with Crippen LogP contribution in [0.5, 0.6) is 0 Å². The first kappa shape index (κ1) is 13.9. The predicted molar refractivity (Wildman–Crippen MR) is 65.6 cm³/mol. The van der Waals surface area contributed by atoms with Crippen LogP contribution in [0.15, 0.2) is 35.3 Å². The molecule has 0 radical (unpaired) electrons. The number of carbonyl (C=O) groups excluding carboxylic acids is 1. The van der Waals surface area contributed by atoms with E-state index >= 15 is 0 Å². The molecule has 1 aromatic rings. The number of carbonyl (C=O) groups is 1. The van der Waals surface area contributed by atoms with Gasteiger partial charge in [-0.1, -0.05) is 18.2 Å². The number of aliphatic imine (C=N–C) groups is 1. The molecule has 5 nitrogen and oxygen atoms in total. The van der Waals surface area contributed by atoms with Crippen molar-refractivity contribution < 1.29 is 13.6 Å². The minimum atomic E-state index is -2.57. The van der Waals surface area contributed by atoms with Crippen molar-refractivity contribution in [2.45, 2.75) is 6.43 Å². The number of alkyl halides is 2. The van der Waals surface area contributed by atoms with Crippen molar-refractivity contribution >= 4 is 17.6 Å². The van der Waals surface area contributed by atoms with Gasteiger partial charge in [-0.05, 0) is 12.1 Å². The molecule has 0 bridgehead atoms. The number of amides is 1. The molecule has 4 N–H and O–H groups in total. The first-order valence-electron chi connectivity index (χ1n) is 5.25. The van der Waals surface area contributed by atoms with E-state index in [1.54, 1.807) is 12.1 Å². The fourth-order valence-electron chi connectivity index (χ4n) is 1.11. The van der Waals surface area contributed by atoms with Crippen LogP contribution in [0.2, 0.25) is 0 Å². The van der Waals surface area contributed by atoms with Gasteiger partial charge in [0, 0.05) is 5.69 Å². The zero-order valence-corrected chi connectivity index (χ0v) is 9.57. The SMILES string of the molecule is NC(=NCC(=O)NCC(F)F)Nc1ccccc1. The Bertz CT molecular complexity index is 409. The van der Waals surface area contributed by atoms with Gasteiger partial charge in [-0.25, -0.2) is 13.8 Å². The summed E-state index contributed by atoms with van der Waals surface area (Å²) in [4.78, 5) is 14.8. The highest BCUT2D eigenvalue weighted by atomic mass is 19.3. The first-order valence-corrected chi connectivity index (χ1v) is 5.25. The Morgan fingerprint density at radius 3 is 2.61 bits per heavy atom. The molecule has 0 unspecified atom stereocenters. The van der Waals surface area contributed by atoms with Gasteiger partial charge in [0.1, 0.15) is 6.54 Å². The molecule has 0 atom stereocenters. The van der Waals surface area contributed by atoms with Crippen LogP contribution in [0.3, 0.4) is 0 Å². The molecule has 0 aliphatic rings. The molecule has 0 spiro atoms. The van der Waals surface area contributed by atoms with E-state index in [1.807, 2.05) is 23.5 Å². The minimum Gasteiger partial charge on any atom is -0.370 e. The Hall–Kier alpha value is -2.18. The van der Waals surface area contributed by atoms with Gasteiger partial charge in [0.2, 0.25) is 5.91 Å². The van der Waals surface area contributed by atoms with Crippen LogP contribution in [-0.2, 0) is 4.79 Å². The number of guanidine groups is 1. The summed E-state index contributed by atoms with van der Waals surface area (Å²) < 4.78 is 23.6. The molecule has 0 heterocycles. The molecule has 0 aliphatic carbocycles. The molecular weight excluding hydrogens is 242 g/mol. The van der Waals surface area contributed by atoms with E-state index in [1.165, 1.54) is 0 Å². The van der Waals surface area contributed by atoms with Crippen LogP contribution >= 0.6 is 0 Å². The van der Waals surface area contributed by atoms with Gasteiger partial charge in [-0.15, -0.1) is 0 Å². The second kappa shape index (κ2) is 7.21. The van der Waals surface area contributed by atoms with E-state index in [2.05, 4.69) is 10.3 Å². The highest BCUT2D eigenvalue weighted by molar-refractivity contribution is 5.93. The number of nitrogens with two attached hydrogens (primary N) is 1.